The minimum Gasteiger partial charge on any atom is -0.495 e. The van der Waals surface area contributed by atoms with Gasteiger partial charge in [-0.15, -0.1) is 0 Å². The van der Waals surface area contributed by atoms with Gasteiger partial charge in [0.2, 0.25) is 0 Å². The van der Waals surface area contributed by atoms with Crippen LogP contribution in [0.25, 0.3) is 0 Å². The zero-order valence-electron chi connectivity index (χ0n) is 11.2. The molecule has 0 saturated carbocycles. The first-order valence-corrected chi connectivity index (χ1v) is 8.06. The fourth-order valence-electron chi connectivity index (χ4n) is 1.72. The number of halogens is 1. The molecule has 1 aromatic heterocycles. The van der Waals surface area contributed by atoms with Crippen LogP contribution < -0.4 is 10.1 Å². The van der Waals surface area contributed by atoms with E-state index in [1.54, 1.807) is 7.05 Å². The molecular formula is C12H12ClN3O4S. The van der Waals surface area contributed by atoms with Crippen LogP contribution in [0.4, 0.5) is 5.69 Å². The van der Waals surface area contributed by atoms with E-state index in [9.17, 15) is 13.2 Å². The first kappa shape index (κ1) is 15.3. The van der Waals surface area contributed by atoms with Crippen LogP contribution in [0.1, 0.15) is 10.5 Å². The summed E-state index contributed by atoms with van der Waals surface area (Å²) in [5, 5.41) is 6.46. The Labute approximate surface area is 125 Å². The van der Waals surface area contributed by atoms with Crippen LogP contribution in [-0.4, -0.2) is 31.2 Å². The first-order chi connectivity index (χ1) is 9.82. The van der Waals surface area contributed by atoms with Crippen molar-refractivity contribution in [3.63, 3.8) is 0 Å². The molecule has 1 aromatic carbocycles. The molecule has 0 unspecified atom stereocenters. The molecule has 0 saturated heterocycles. The maximum Gasteiger partial charge on any atom is 0.274 e. The molecule has 0 fully saturated rings. The van der Waals surface area contributed by atoms with E-state index in [1.165, 1.54) is 42.3 Å². The highest BCUT2D eigenvalue weighted by atomic mass is 35.7. The molecule has 1 N–H and O–H groups in total. The van der Waals surface area contributed by atoms with Crippen molar-refractivity contribution in [2.24, 2.45) is 7.05 Å². The van der Waals surface area contributed by atoms with Gasteiger partial charge in [-0.3, -0.25) is 9.48 Å². The van der Waals surface area contributed by atoms with E-state index >= 15 is 0 Å². The Bertz CT molecular complexity index is 786. The number of ether oxygens (including phenoxy) is 1. The summed E-state index contributed by atoms with van der Waals surface area (Å²) in [5.41, 5.74) is 0.515. The molecule has 0 atom stereocenters. The van der Waals surface area contributed by atoms with E-state index in [2.05, 4.69) is 10.4 Å². The van der Waals surface area contributed by atoms with Crippen molar-refractivity contribution in [2.45, 2.75) is 4.90 Å². The molecule has 2 aromatic rings. The molecule has 0 aliphatic rings. The molecule has 0 radical (unpaired) electrons. The second-order valence-corrected chi connectivity index (χ2v) is 6.66. The molecule has 1 heterocycles. The Hall–Kier alpha value is -2.06. The quantitative estimate of drug-likeness (QED) is 0.861. The van der Waals surface area contributed by atoms with Gasteiger partial charge in [-0.05, 0) is 24.3 Å². The first-order valence-electron chi connectivity index (χ1n) is 5.75. The maximum absolute atomic E-state index is 12.1. The zero-order valence-corrected chi connectivity index (χ0v) is 12.8. The second-order valence-electron chi connectivity index (χ2n) is 4.09. The number of anilines is 1. The molecule has 0 bridgehead atoms. The lowest BCUT2D eigenvalue weighted by Crippen LogP contribution is -2.16. The summed E-state index contributed by atoms with van der Waals surface area (Å²) in [6.07, 6.45) is 1.48. The highest BCUT2D eigenvalue weighted by Gasteiger charge is 2.17. The minimum absolute atomic E-state index is 0.134. The third-order valence-electron chi connectivity index (χ3n) is 2.75. The van der Waals surface area contributed by atoms with Crippen molar-refractivity contribution in [3.8, 4) is 5.75 Å². The number of amides is 1. The van der Waals surface area contributed by atoms with Crippen molar-refractivity contribution in [1.82, 2.24) is 9.78 Å². The monoisotopic (exact) mass is 329 g/mol. The van der Waals surface area contributed by atoms with E-state index in [1.807, 2.05) is 0 Å². The van der Waals surface area contributed by atoms with Gasteiger partial charge in [0.25, 0.3) is 15.0 Å². The van der Waals surface area contributed by atoms with Crippen LogP contribution in [0.2, 0.25) is 0 Å². The highest BCUT2D eigenvalue weighted by molar-refractivity contribution is 8.13. The Balaban J connectivity index is 2.38. The normalized spacial score (nSPS) is 11.2. The molecule has 7 nitrogen and oxygen atoms in total. The predicted molar refractivity (Wildman–Crippen MR) is 77.2 cm³/mol. The van der Waals surface area contributed by atoms with Gasteiger partial charge in [0.15, 0.2) is 0 Å². The van der Waals surface area contributed by atoms with Crippen LogP contribution in [0, 0.1) is 0 Å². The Morgan fingerprint density at radius 2 is 2.10 bits per heavy atom. The molecule has 9 heteroatoms. The molecule has 0 aliphatic heterocycles. The van der Waals surface area contributed by atoms with Crippen molar-refractivity contribution in [1.29, 1.82) is 0 Å². The summed E-state index contributed by atoms with van der Waals surface area (Å²) in [7, 11) is 4.42. The number of aromatic nitrogens is 2. The summed E-state index contributed by atoms with van der Waals surface area (Å²) >= 11 is 0. The SMILES string of the molecule is COc1ccc(S(=O)(=O)Cl)cc1NC(=O)c1ccnn1C. The van der Waals surface area contributed by atoms with Gasteiger partial charge in [0.1, 0.15) is 11.4 Å². The van der Waals surface area contributed by atoms with Gasteiger partial charge in [-0.2, -0.15) is 5.10 Å². The van der Waals surface area contributed by atoms with E-state index in [0.717, 1.165) is 0 Å². The third kappa shape index (κ3) is 3.34. The summed E-state index contributed by atoms with van der Waals surface area (Å²) in [5.74, 6) is -0.132. The molecular weight excluding hydrogens is 318 g/mol. The standard InChI is InChI=1S/C12H12ClN3O4S/c1-16-10(5-6-14-16)12(17)15-9-7-8(21(13,18)19)3-4-11(9)20-2/h3-7H,1-2H3,(H,15,17). The number of rotatable bonds is 4. The predicted octanol–water partition coefficient (Wildman–Crippen LogP) is 1.61. The Kier molecular flexibility index (Phi) is 4.19. The number of benzene rings is 1. The Morgan fingerprint density at radius 3 is 2.62 bits per heavy atom. The lowest BCUT2D eigenvalue weighted by molar-refractivity contribution is 0.101. The van der Waals surface area contributed by atoms with Gasteiger partial charge in [-0.25, -0.2) is 8.42 Å². The van der Waals surface area contributed by atoms with E-state index < -0.39 is 15.0 Å². The number of hydrogen-bond acceptors (Lipinski definition) is 5. The van der Waals surface area contributed by atoms with E-state index in [4.69, 9.17) is 15.4 Å². The smallest absolute Gasteiger partial charge is 0.274 e. The fourth-order valence-corrected chi connectivity index (χ4v) is 2.50. The van der Waals surface area contributed by atoms with E-state index in [0.29, 0.717) is 11.4 Å². The number of carbonyl (C=O) groups is 1. The molecule has 2 rings (SSSR count). The van der Waals surface area contributed by atoms with Gasteiger partial charge in [-0.1, -0.05) is 0 Å². The number of nitrogens with zero attached hydrogens (tertiary/aromatic N) is 2. The number of carbonyl (C=O) groups excluding carboxylic acids is 1. The van der Waals surface area contributed by atoms with Crippen molar-refractivity contribution < 1.29 is 17.9 Å². The summed E-state index contributed by atoms with van der Waals surface area (Å²) in [4.78, 5) is 12.0. The molecule has 0 spiro atoms. The Morgan fingerprint density at radius 1 is 1.38 bits per heavy atom. The number of nitrogens with one attached hydrogen (secondary N) is 1. The van der Waals surface area contributed by atoms with Gasteiger partial charge in [0, 0.05) is 23.9 Å². The topological polar surface area (TPSA) is 90.3 Å². The van der Waals surface area contributed by atoms with Gasteiger partial charge in [0.05, 0.1) is 17.7 Å². The van der Waals surface area contributed by atoms with Crippen LogP contribution in [0.3, 0.4) is 0 Å². The molecule has 21 heavy (non-hydrogen) atoms. The minimum atomic E-state index is -3.90. The number of aryl methyl sites for hydroxylation is 1. The average Bonchev–Trinajstić information content (AvgIpc) is 2.84. The molecule has 1 amide bonds. The van der Waals surface area contributed by atoms with E-state index in [-0.39, 0.29) is 10.6 Å². The lowest BCUT2D eigenvalue weighted by Gasteiger charge is -2.11. The van der Waals surface area contributed by atoms with Gasteiger partial charge < -0.3 is 10.1 Å². The highest BCUT2D eigenvalue weighted by Crippen LogP contribution is 2.29. The third-order valence-corrected chi connectivity index (χ3v) is 4.11. The number of methoxy groups -OCH3 is 1. The summed E-state index contributed by atoms with van der Waals surface area (Å²) in [6, 6.07) is 5.47. The zero-order chi connectivity index (χ0) is 15.6. The van der Waals surface area contributed by atoms with Gasteiger partial charge >= 0.3 is 0 Å². The fraction of sp³-hybridized carbons (Fsp3) is 0.167. The van der Waals surface area contributed by atoms with Crippen LogP contribution in [0.5, 0.6) is 5.75 Å². The second kappa shape index (κ2) is 5.74. The lowest BCUT2D eigenvalue weighted by atomic mass is 10.2. The van der Waals surface area contributed by atoms with Crippen LogP contribution in [0.15, 0.2) is 35.4 Å². The largest absolute Gasteiger partial charge is 0.495 e. The van der Waals surface area contributed by atoms with Crippen LogP contribution in [-0.2, 0) is 16.1 Å². The summed E-state index contributed by atoms with van der Waals surface area (Å²) in [6.45, 7) is 0. The number of hydrogen-bond donors (Lipinski definition) is 1. The maximum atomic E-state index is 12.1. The van der Waals surface area contributed by atoms with Crippen molar-refractivity contribution >= 4 is 31.3 Å². The average molecular weight is 330 g/mol. The molecule has 112 valence electrons. The molecule has 0 aliphatic carbocycles. The van der Waals surface area contributed by atoms with Crippen LogP contribution >= 0.6 is 10.7 Å². The van der Waals surface area contributed by atoms with Crippen molar-refractivity contribution in [3.05, 3.63) is 36.2 Å². The summed E-state index contributed by atoms with van der Waals surface area (Å²) < 4.78 is 29.2. The van der Waals surface area contributed by atoms with Crippen molar-refractivity contribution in [2.75, 3.05) is 12.4 Å².